The molecule has 3 heterocycles. The van der Waals surface area contributed by atoms with Gasteiger partial charge in [0.05, 0.1) is 20.1 Å². The second-order valence-corrected chi connectivity index (χ2v) is 8.12. The normalized spacial score (nSPS) is 12.3. The van der Waals surface area contributed by atoms with Gasteiger partial charge in [0, 0.05) is 0 Å². The summed E-state index contributed by atoms with van der Waals surface area (Å²) in [6.45, 7) is 0. The monoisotopic (exact) mass is 384 g/mol. The van der Waals surface area contributed by atoms with E-state index >= 15 is 0 Å². The zero-order chi connectivity index (χ0) is 16.2. The van der Waals surface area contributed by atoms with Gasteiger partial charge in [-0.15, -0.1) is 16.4 Å². The fourth-order valence-electron chi connectivity index (χ4n) is 2.23. The topological polar surface area (TPSA) is 77.2 Å². The molecule has 0 spiro atoms. The van der Waals surface area contributed by atoms with Crippen LogP contribution in [-0.2, 0) is 9.84 Å². The van der Waals surface area contributed by atoms with Crippen LogP contribution in [0.1, 0.15) is 0 Å². The van der Waals surface area contributed by atoms with Crippen molar-refractivity contribution in [2.75, 3.05) is 0 Å². The van der Waals surface area contributed by atoms with Crippen molar-refractivity contribution in [1.82, 2.24) is 19.8 Å². The molecule has 0 saturated carbocycles. The molecule has 0 aliphatic carbocycles. The van der Waals surface area contributed by atoms with Gasteiger partial charge in [0.2, 0.25) is 14.9 Å². The molecule has 116 valence electrons. The van der Waals surface area contributed by atoms with E-state index in [4.69, 9.17) is 23.2 Å². The summed E-state index contributed by atoms with van der Waals surface area (Å²) in [5.41, 5.74) is 0.721. The van der Waals surface area contributed by atoms with Crippen LogP contribution in [0.5, 0.6) is 0 Å². The number of hydrogen-bond acceptors (Lipinski definition) is 6. The number of benzene rings is 1. The summed E-state index contributed by atoms with van der Waals surface area (Å²) in [5.74, 6) is 0. The highest BCUT2D eigenvalue weighted by Gasteiger charge is 2.28. The van der Waals surface area contributed by atoms with E-state index in [9.17, 15) is 8.42 Å². The highest BCUT2D eigenvalue weighted by atomic mass is 35.5. The lowest BCUT2D eigenvalue weighted by Gasteiger charge is -2.03. The van der Waals surface area contributed by atoms with Gasteiger partial charge in [0.1, 0.15) is 0 Å². The maximum atomic E-state index is 12.8. The fraction of sp³-hybridized carbons (Fsp3) is 0. The molecule has 0 bridgehead atoms. The Morgan fingerprint density at radius 2 is 1.91 bits per heavy atom. The van der Waals surface area contributed by atoms with E-state index in [2.05, 4.69) is 15.3 Å². The molecule has 0 fully saturated rings. The molecule has 4 aromatic rings. The first kappa shape index (κ1) is 14.8. The fourth-order valence-corrected chi connectivity index (χ4v) is 5.04. The van der Waals surface area contributed by atoms with Gasteiger partial charge in [-0.05, 0) is 23.6 Å². The SMILES string of the molecule is O=S(=O)(c1ccccc1Cl)c1nnn2c1nc(Cl)c1sccc12. The lowest BCUT2D eigenvalue weighted by Crippen LogP contribution is -2.05. The Labute approximate surface area is 144 Å². The molecule has 0 unspecified atom stereocenters. The summed E-state index contributed by atoms with van der Waals surface area (Å²) >= 11 is 13.5. The van der Waals surface area contributed by atoms with Gasteiger partial charge >= 0.3 is 0 Å². The Morgan fingerprint density at radius 3 is 2.70 bits per heavy atom. The van der Waals surface area contributed by atoms with Gasteiger partial charge in [-0.2, -0.15) is 4.52 Å². The minimum Gasteiger partial charge on any atom is -0.217 e. The molecule has 1 aromatic carbocycles. The quantitative estimate of drug-likeness (QED) is 0.494. The predicted molar refractivity (Wildman–Crippen MR) is 88.1 cm³/mol. The second kappa shape index (κ2) is 5.13. The first-order valence-corrected chi connectivity index (χ1v) is 9.40. The highest BCUT2D eigenvalue weighted by Crippen LogP contribution is 2.32. The molecule has 3 aromatic heterocycles. The van der Waals surface area contributed by atoms with Crippen molar-refractivity contribution in [3.8, 4) is 0 Å². The van der Waals surface area contributed by atoms with Crippen molar-refractivity contribution in [2.45, 2.75) is 9.92 Å². The van der Waals surface area contributed by atoms with Crippen molar-refractivity contribution in [2.24, 2.45) is 0 Å². The third kappa shape index (κ3) is 2.13. The summed E-state index contributed by atoms with van der Waals surface area (Å²) in [6.07, 6.45) is 0. The van der Waals surface area contributed by atoms with Crippen LogP contribution >= 0.6 is 34.5 Å². The first-order valence-electron chi connectivity index (χ1n) is 6.28. The van der Waals surface area contributed by atoms with E-state index < -0.39 is 9.84 Å². The Morgan fingerprint density at radius 1 is 1.13 bits per heavy atom. The van der Waals surface area contributed by atoms with Crippen LogP contribution in [0.2, 0.25) is 10.2 Å². The summed E-state index contributed by atoms with van der Waals surface area (Å²) in [7, 11) is -3.97. The number of sulfone groups is 1. The summed E-state index contributed by atoms with van der Waals surface area (Å²) < 4.78 is 27.7. The highest BCUT2D eigenvalue weighted by molar-refractivity contribution is 7.91. The van der Waals surface area contributed by atoms with Crippen molar-refractivity contribution in [1.29, 1.82) is 0 Å². The van der Waals surface area contributed by atoms with Gasteiger partial charge in [0.15, 0.2) is 10.8 Å². The van der Waals surface area contributed by atoms with Crippen LogP contribution in [0.25, 0.3) is 15.9 Å². The summed E-state index contributed by atoms with van der Waals surface area (Å²) in [4.78, 5) is 4.10. The zero-order valence-electron chi connectivity index (χ0n) is 11.1. The average molecular weight is 385 g/mol. The molecule has 23 heavy (non-hydrogen) atoms. The molecule has 0 aliphatic rings. The third-order valence-electron chi connectivity index (χ3n) is 3.26. The van der Waals surface area contributed by atoms with Gasteiger partial charge in [-0.3, -0.25) is 0 Å². The van der Waals surface area contributed by atoms with Gasteiger partial charge in [-0.25, -0.2) is 13.4 Å². The van der Waals surface area contributed by atoms with Gasteiger partial charge < -0.3 is 0 Å². The average Bonchev–Trinajstić information content (AvgIpc) is 3.13. The number of hydrogen-bond donors (Lipinski definition) is 0. The van der Waals surface area contributed by atoms with Crippen LogP contribution < -0.4 is 0 Å². The minimum atomic E-state index is -3.97. The molecule has 0 saturated heterocycles. The molecule has 6 nitrogen and oxygen atoms in total. The Kier molecular flexibility index (Phi) is 3.31. The van der Waals surface area contributed by atoms with Crippen LogP contribution in [0.3, 0.4) is 0 Å². The number of nitrogens with zero attached hydrogens (tertiary/aromatic N) is 4. The molecule has 4 rings (SSSR count). The van der Waals surface area contributed by atoms with Crippen LogP contribution in [0, 0.1) is 0 Å². The lowest BCUT2D eigenvalue weighted by molar-refractivity contribution is 0.592. The van der Waals surface area contributed by atoms with Crippen molar-refractivity contribution >= 4 is 60.2 Å². The number of rotatable bonds is 2. The number of aromatic nitrogens is 4. The van der Waals surface area contributed by atoms with E-state index in [1.807, 2.05) is 5.38 Å². The van der Waals surface area contributed by atoms with Crippen LogP contribution in [0.15, 0.2) is 45.6 Å². The van der Waals surface area contributed by atoms with E-state index in [1.54, 1.807) is 18.2 Å². The smallest absolute Gasteiger partial charge is 0.217 e. The van der Waals surface area contributed by atoms with Crippen molar-refractivity contribution in [3.63, 3.8) is 0 Å². The molecular weight excluding hydrogens is 379 g/mol. The lowest BCUT2D eigenvalue weighted by atomic mass is 10.4. The molecule has 0 aliphatic heterocycles. The van der Waals surface area contributed by atoms with E-state index in [-0.39, 0.29) is 25.7 Å². The van der Waals surface area contributed by atoms with Gasteiger partial charge in [-0.1, -0.05) is 40.5 Å². The summed E-state index contributed by atoms with van der Waals surface area (Å²) in [5, 5.41) is 9.58. The number of thiophene rings is 1. The maximum Gasteiger partial charge on any atom is 0.231 e. The zero-order valence-corrected chi connectivity index (χ0v) is 14.3. The van der Waals surface area contributed by atoms with Gasteiger partial charge in [0.25, 0.3) is 0 Å². The molecule has 0 N–H and O–H groups in total. The second-order valence-electron chi connectivity index (χ2n) is 4.60. The third-order valence-corrected chi connectivity index (χ3v) is 6.71. The largest absolute Gasteiger partial charge is 0.231 e. The molecule has 10 heteroatoms. The van der Waals surface area contributed by atoms with Crippen LogP contribution in [0.4, 0.5) is 0 Å². The molecule has 0 amide bonds. The Balaban J connectivity index is 2.07. The van der Waals surface area contributed by atoms with Crippen LogP contribution in [-0.4, -0.2) is 28.2 Å². The Bertz CT molecular complexity index is 1170. The molecular formula is C13H6Cl2N4O2S2. The van der Waals surface area contributed by atoms with Crippen molar-refractivity contribution in [3.05, 3.63) is 45.9 Å². The predicted octanol–water partition coefficient (Wildman–Crippen LogP) is 3.48. The van der Waals surface area contributed by atoms with Crippen molar-refractivity contribution < 1.29 is 8.42 Å². The maximum absolute atomic E-state index is 12.8. The molecule has 0 radical (unpaired) electrons. The summed E-state index contributed by atoms with van der Waals surface area (Å²) in [6, 6.07) is 7.92. The van der Waals surface area contributed by atoms with E-state index in [0.717, 1.165) is 0 Å². The van der Waals surface area contributed by atoms with E-state index in [0.29, 0.717) is 10.2 Å². The minimum absolute atomic E-state index is 0.0487. The molecule has 0 atom stereocenters. The standard InChI is InChI=1S/C13H6Cl2N4O2S2/c14-7-3-1-2-4-9(7)23(20,21)13-12-16-11(15)10-8(5-6-22-10)19(12)18-17-13/h1-6H. The first-order chi connectivity index (χ1) is 11.0. The number of halogens is 2. The van der Waals surface area contributed by atoms with E-state index in [1.165, 1.54) is 28.0 Å². The number of fused-ring (bicyclic) bond motifs is 3. The Hall–Kier alpha value is -1.74.